The smallest absolute Gasteiger partial charge is 0.316 e. The maximum absolute atomic E-state index is 11.0. The van der Waals surface area contributed by atoms with E-state index in [0.717, 1.165) is 12.8 Å². The van der Waals surface area contributed by atoms with Gasteiger partial charge >= 0.3 is 5.37 Å². The number of hydrogen-bond acceptors (Lipinski definition) is 2. The molecular weight excluding hydrogens is 190 g/mol. The van der Waals surface area contributed by atoms with E-state index in [1.807, 2.05) is 0 Å². The quantitative estimate of drug-likeness (QED) is 0.445. The highest BCUT2D eigenvalue weighted by atomic mass is 35.5. The van der Waals surface area contributed by atoms with Crippen LogP contribution in [0, 0.1) is 0 Å². The molecule has 1 saturated heterocycles. The summed E-state index contributed by atoms with van der Waals surface area (Å²) in [6, 6.07) is 0. The van der Waals surface area contributed by atoms with Gasteiger partial charge in [0.25, 0.3) is 0 Å². The first-order chi connectivity index (χ1) is 6.22. The minimum atomic E-state index is -0.338. The number of hydrogen-bond donors (Lipinski definition) is 0. The minimum absolute atomic E-state index is 0.0528. The number of ether oxygens (including phenoxy) is 1. The topological polar surface area (TPSA) is 29.5 Å². The third-order valence-corrected chi connectivity index (χ3v) is 3.25. The highest BCUT2D eigenvalue weighted by molar-refractivity contribution is 6.62. The van der Waals surface area contributed by atoms with Crippen LogP contribution in [-0.4, -0.2) is 35.6 Å². The number of carbonyl (C=O) groups is 1. The molecular formula is C9H14ClNO2. The summed E-state index contributed by atoms with van der Waals surface area (Å²) in [5.41, 5.74) is -0.0528. The number of halogens is 1. The highest BCUT2D eigenvalue weighted by Gasteiger charge is 2.40. The van der Waals surface area contributed by atoms with E-state index in [2.05, 4.69) is 0 Å². The van der Waals surface area contributed by atoms with Crippen molar-refractivity contribution in [3.05, 3.63) is 0 Å². The molecule has 2 aliphatic rings. The Hall–Kier alpha value is -0.280. The van der Waals surface area contributed by atoms with Crippen LogP contribution in [0.25, 0.3) is 0 Å². The molecule has 0 unspecified atom stereocenters. The van der Waals surface area contributed by atoms with Gasteiger partial charge in [-0.25, -0.2) is 0 Å². The summed E-state index contributed by atoms with van der Waals surface area (Å²) in [5.74, 6) is 0. The van der Waals surface area contributed by atoms with Crippen LogP contribution >= 0.6 is 11.6 Å². The molecule has 0 atom stereocenters. The summed E-state index contributed by atoms with van der Waals surface area (Å²) in [4.78, 5) is 12.7. The van der Waals surface area contributed by atoms with E-state index in [-0.39, 0.29) is 11.0 Å². The summed E-state index contributed by atoms with van der Waals surface area (Å²) >= 11 is 5.45. The van der Waals surface area contributed by atoms with Gasteiger partial charge in [0, 0.05) is 6.54 Å². The average Bonchev–Trinajstić information content (AvgIpc) is 2.53. The SMILES string of the molecule is O=C(Cl)N1CCOC2(CCCC2)C1. The molecule has 0 N–H and O–H groups in total. The van der Waals surface area contributed by atoms with Crippen molar-refractivity contribution < 1.29 is 9.53 Å². The lowest BCUT2D eigenvalue weighted by Crippen LogP contribution is -2.51. The molecule has 2 fully saturated rings. The Labute approximate surface area is 83.0 Å². The number of rotatable bonds is 0. The summed E-state index contributed by atoms with van der Waals surface area (Å²) in [6.45, 7) is 1.97. The summed E-state index contributed by atoms with van der Waals surface area (Å²) in [7, 11) is 0. The van der Waals surface area contributed by atoms with Crippen LogP contribution in [0.1, 0.15) is 25.7 Å². The minimum Gasteiger partial charge on any atom is -0.371 e. The Morgan fingerprint density at radius 1 is 1.38 bits per heavy atom. The van der Waals surface area contributed by atoms with Gasteiger partial charge in [-0.15, -0.1) is 0 Å². The zero-order valence-corrected chi connectivity index (χ0v) is 8.35. The van der Waals surface area contributed by atoms with Gasteiger partial charge in [-0.2, -0.15) is 0 Å². The van der Waals surface area contributed by atoms with Crippen molar-refractivity contribution >= 4 is 17.0 Å². The first-order valence-corrected chi connectivity index (χ1v) is 5.18. The molecule has 0 aromatic heterocycles. The maximum atomic E-state index is 11.0. The first kappa shape index (κ1) is 9.28. The molecule has 0 radical (unpaired) electrons. The molecule has 1 spiro atoms. The van der Waals surface area contributed by atoms with Crippen molar-refractivity contribution in [1.82, 2.24) is 4.90 Å². The van der Waals surface area contributed by atoms with Gasteiger partial charge < -0.3 is 9.64 Å². The third-order valence-electron chi connectivity index (χ3n) is 3.01. The van der Waals surface area contributed by atoms with Crippen LogP contribution in [0.15, 0.2) is 0 Å². The molecule has 1 aliphatic heterocycles. The molecule has 0 aromatic carbocycles. The van der Waals surface area contributed by atoms with Crippen molar-refractivity contribution in [3.8, 4) is 0 Å². The van der Waals surface area contributed by atoms with Gasteiger partial charge in [-0.1, -0.05) is 12.8 Å². The van der Waals surface area contributed by atoms with E-state index in [4.69, 9.17) is 16.3 Å². The zero-order chi connectivity index (χ0) is 9.31. The maximum Gasteiger partial charge on any atom is 0.316 e. The molecule has 0 bridgehead atoms. The molecule has 2 rings (SSSR count). The largest absolute Gasteiger partial charge is 0.371 e. The second-order valence-corrected chi connectivity index (χ2v) is 4.24. The summed E-state index contributed by atoms with van der Waals surface area (Å²) < 4.78 is 5.75. The number of carbonyl (C=O) groups excluding carboxylic acids is 1. The zero-order valence-electron chi connectivity index (χ0n) is 7.59. The normalized spacial score (nSPS) is 26.7. The van der Waals surface area contributed by atoms with E-state index >= 15 is 0 Å². The molecule has 1 aliphatic carbocycles. The Morgan fingerprint density at radius 3 is 2.69 bits per heavy atom. The molecule has 1 heterocycles. The second kappa shape index (κ2) is 3.46. The van der Waals surface area contributed by atoms with Crippen molar-refractivity contribution in [2.75, 3.05) is 19.7 Å². The van der Waals surface area contributed by atoms with Crippen LogP contribution in [0.5, 0.6) is 0 Å². The first-order valence-electron chi connectivity index (χ1n) is 4.80. The molecule has 74 valence electrons. The van der Waals surface area contributed by atoms with E-state index < -0.39 is 0 Å². The van der Waals surface area contributed by atoms with Crippen molar-refractivity contribution in [3.63, 3.8) is 0 Å². The summed E-state index contributed by atoms with van der Waals surface area (Å²) in [6.07, 6.45) is 4.58. The standard InChI is InChI=1S/C9H14ClNO2/c10-8(12)11-5-6-13-9(7-11)3-1-2-4-9/h1-7H2. The van der Waals surface area contributed by atoms with E-state index in [1.165, 1.54) is 12.8 Å². The monoisotopic (exact) mass is 203 g/mol. The lowest BCUT2D eigenvalue weighted by Gasteiger charge is -2.39. The Kier molecular flexibility index (Phi) is 2.47. The summed E-state index contributed by atoms with van der Waals surface area (Å²) in [5, 5.41) is -0.338. The van der Waals surface area contributed by atoms with E-state index in [0.29, 0.717) is 19.7 Å². The lowest BCUT2D eigenvalue weighted by atomic mass is 10.0. The van der Waals surface area contributed by atoms with Crippen LogP contribution < -0.4 is 0 Å². The third kappa shape index (κ3) is 1.81. The number of morpholine rings is 1. The fourth-order valence-electron chi connectivity index (χ4n) is 2.32. The molecule has 1 saturated carbocycles. The molecule has 0 aromatic rings. The molecule has 3 nitrogen and oxygen atoms in total. The highest BCUT2D eigenvalue weighted by Crippen LogP contribution is 2.35. The van der Waals surface area contributed by atoms with Crippen LogP contribution in [0.3, 0.4) is 0 Å². The van der Waals surface area contributed by atoms with Crippen molar-refractivity contribution in [1.29, 1.82) is 0 Å². The molecule has 4 heteroatoms. The second-order valence-electron chi connectivity index (χ2n) is 3.91. The van der Waals surface area contributed by atoms with Crippen molar-refractivity contribution in [2.24, 2.45) is 0 Å². The van der Waals surface area contributed by atoms with E-state index in [9.17, 15) is 4.79 Å². The fourth-order valence-corrected chi connectivity index (χ4v) is 2.46. The van der Waals surface area contributed by atoms with Crippen LogP contribution in [-0.2, 0) is 4.74 Å². The Bertz CT molecular complexity index is 214. The predicted molar refractivity (Wildman–Crippen MR) is 50.0 cm³/mol. The van der Waals surface area contributed by atoms with Gasteiger partial charge in [0.2, 0.25) is 0 Å². The Morgan fingerprint density at radius 2 is 2.08 bits per heavy atom. The van der Waals surface area contributed by atoms with Crippen molar-refractivity contribution in [2.45, 2.75) is 31.3 Å². The van der Waals surface area contributed by atoms with Gasteiger partial charge in [0.15, 0.2) is 0 Å². The predicted octanol–water partition coefficient (Wildman–Crippen LogP) is 1.99. The van der Waals surface area contributed by atoms with Gasteiger partial charge in [-0.05, 0) is 24.4 Å². The van der Waals surface area contributed by atoms with E-state index in [1.54, 1.807) is 4.90 Å². The van der Waals surface area contributed by atoms with Gasteiger partial charge in [0.05, 0.1) is 18.8 Å². The average molecular weight is 204 g/mol. The van der Waals surface area contributed by atoms with Gasteiger partial charge in [0.1, 0.15) is 0 Å². The number of amides is 1. The lowest BCUT2D eigenvalue weighted by molar-refractivity contribution is -0.0904. The van der Waals surface area contributed by atoms with Crippen LogP contribution in [0.2, 0.25) is 0 Å². The molecule has 13 heavy (non-hydrogen) atoms. The Balaban J connectivity index is 2.02. The molecule has 1 amide bonds. The van der Waals surface area contributed by atoms with Crippen LogP contribution in [0.4, 0.5) is 4.79 Å². The van der Waals surface area contributed by atoms with Gasteiger partial charge in [-0.3, -0.25) is 4.79 Å². The number of nitrogens with zero attached hydrogens (tertiary/aromatic N) is 1. The fraction of sp³-hybridized carbons (Fsp3) is 0.889.